The van der Waals surface area contributed by atoms with Crippen molar-refractivity contribution in [1.29, 1.82) is 0 Å². The van der Waals surface area contributed by atoms with Gasteiger partial charge in [0.15, 0.2) is 0 Å². The van der Waals surface area contributed by atoms with Gasteiger partial charge in [0.25, 0.3) is 0 Å². The van der Waals surface area contributed by atoms with Crippen LogP contribution >= 0.6 is 0 Å². The molecule has 1 aliphatic carbocycles. The van der Waals surface area contributed by atoms with Crippen LogP contribution in [0, 0.1) is 5.92 Å². The van der Waals surface area contributed by atoms with Crippen LogP contribution in [-0.2, 0) is 9.53 Å². The highest BCUT2D eigenvalue weighted by Gasteiger charge is 2.36. The summed E-state index contributed by atoms with van der Waals surface area (Å²) in [6, 6.07) is -0.428. The average Bonchev–Trinajstić information content (AvgIpc) is 2.38. The van der Waals surface area contributed by atoms with Crippen molar-refractivity contribution in [2.45, 2.75) is 45.1 Å². The fourth-order valence-corrected chi connectivity index (χ4v) is 2.93. The summed E-state index contributed by atoms with van der Waals surface area (Å²) in [5.41, 5.74) is 1.19. The van der Waals surface area contributed by atoms with Gasteiger partial charge < -0.3 is 15.4 Å². The molecule has 18 heavy (non-hydrogen) atoms. The Hall–Kier alpha value is -1.52. The Morgan fingerprint density at radius 3 is 2.56 bits per heavy atom. The van der Waals surface area contributed by atoms with Crippen molar-refractivity contribution in [2.24, 2.45) is 5.92 Å². The first-order chi connectivity index (χ1) is 8.63. The zero-order valence-corrected chi connectivity index (χ0v) is 10.9. The van der Waals surface area contributed by atoms with Crippen LogP contribution in [0.15, 0.2) is 11.3 Å². The third-order valence-corrected chi connectivity index (χ3v) is 3.83. The largest absolute Gasteiger partial charge is 0.466 e. The first-order valence-electron chi connectivity index (χ1n) is 6.50. The van der Waals surface area contributed by atoms with E-state index in [1.165, 1.54) is 13.5 Å². The van der Waals surface area contributed by atoms with E-state index in [0.29, 0.717) is 17.2 Å². The SMILES string of the molecule is COC(=O)C1=C(C)NC(=O)N[C@@H]1C1CCCCC1. The van der Waals surface area contributed by atoms with E-state index in [9.17, 15) is 9.59 Å². The van der Waals surface area contributed by atoms with Gasteiger partial charge in [0.2, 0.25) is 0 Å². The van der Waals surface area contributed by atoms with Crippen molar-refractivity contribution in [3.8, 4) is 0 Å². The summed E-state index contributed by atoms with van der Waals surface area (Å²) >= 11 is 0. The lowest BCUT2D eigenvalue weighted by Gasteiger charge is -2.35. The molecule has 0 bridgehead atoms. The number of amides is 2. The maximum Gasteiger partial charge on any atom is 0.337 e. The fourth-order valence-electron chi connectivity index (χ4n) is 2.93. The van der Waals surface area contributed by atoms with Crippen LogP contribution in [0.4, 0.5) is 4.79 Å². The number of urea groups is 1. The molecule has 2 aliphatic rings. The molecule has 0 aromatic rings. The normalized spacial score (nSPS) is 25.4. The number of carbonyl (C=O) groups is 2. The maximum absolute atomic E-state index is 11.9. The molecule has 1 fully saturated rings. The maximum atomic E-state index is 11.9. The Labute approximate surface area is 107 Å². The van der Waals surface area contributed by atoms with Crippen molar-refractivity contribution >= 4 is 12.0 Å². The first kappa shape index (κ1) is 12.9. The zero-order valence-electron chi connectivity index (χ0n) is 10.9. The highest BCUT2D eigenvalue weighted by atomic mass is 16.5. The minimum Gasteiger partial charge on any atom is -0.466 e. The van der Waals surface area contributed by atoms with E-state index in [1.807, 2.05) is 0 Å². The number of allylic oxidation sites excluding steroid dienone is 1. The van der Waals surface area contributed by atoms with E-state index in [0.717, 1.165) is 25.7 Å². The summed E-state index contributed by atoms with van der Waals surface area (Å²) < 4.78 is 4.83. The summed E-state index contributed by atoms with van der Waals surface area (Å²) in [5, 5.41) is 5.52. The second-order valence-corrected chi connectivity index (χ2v) is 5.00. The van der Waals surface area contributed by atoms with Crippen molar-refractivity contribution < 1.29 is 14.3 Å². The lowest BCUT2D eigenvalue weighted by molar-refractivity contribution is -0.136. The number of rotatable bonds is 2. The standard InChI is InChI=1S/C13H20N2O3/c1-8-10(12(16)18-2)11(15-13(17)14-8)9-6-4-3-5-7-9/h9,11H,3-7H2,1-2H3,(H2,14,15,17)/t11-/m1/s1. The Bertz CT molecular complexity index is 384. The topological polar surface area (TPSA) is 67.4 Å². The number of nitrogens with one attached hydrogen (secondary N) is 2. The molecule has 2 amide bonds. The van der Waals surface area contributed by atoms with Gasteiger partial charge in [0, 0.05) is 5.70 Å². The third-order valence-electron chi connectivity index (χ3n) is 3.83. The molecule has 0 spiro atoms. The summed E-state index contributed by atoms with van der Waals surface area (Å²) in [4.78, 5) is 23.4. The molecule has 5 nitrogen and oxygen atoms in total. The molecule has 0 aromatic heterocycles. The van der Waals surface area contributed by atoms with Gasteiger partial charge in [-0.15, -0.1) is 0 Å². The van der Waals surface area contributed by atoms with Gasteiger partial charge in [-0.05, 0) is 25.7 Å². The highest BCUT2D eigenvalue weighted by molar-refractivity contribution is 5.94. The van der Waals surface area contributed by atoms with E-state index < -0.39 is 0 Å². The van der Waals surface area contributed by atoms with Crippen LogP contribution in [0.3, 0.4) is 0 Å². The summed E-state index contributed by atoms with van der Waals surface area (Å²) in [6.45, 7) is 1.75. The Balaban J connectivity index is 2.26. The zero-order chi connectivity index (χ0) is 13.1. The number of esters is 1. The van der Waals surface area contributed by atoms with Crippen molar-refractivity contribution in [2.75, 3.05) is 7.11 Å². The van der Waals surface area contributed by atoms with Gasteiger partial charge in [-0.2, -0.15) is 0 Å². The molecule has 0 unspecified atom stereocenters. The molecule has 1 atom stereocenters. The summed E-state index contributed by atoms with van der Waals surface area (Å²) in [5.74, 6) is -0.00979. The predicted octanol–water partition coefficient (Wildman–Crippen LogP) is 1.70. The highest BCUT2D eigenvalue weighted by Crippen LogP contribution is 2.31. The van der Waals surface area contributed by atoms with Crippen LogP contribution in [0.5, 0.6) is 0 Å². The van der Waals surface area contributed by atoms with E-state index in [2.05, 4.69) is 10.6 Å². The second kappa shape index (κ2) is 5.42. The molecular weight excluding hydrogens is 232 g/mol. The molecule has 2 rings (SSSR count). The van der Waals surface area contributed by atoms with Crippen LogP contribution in [0.25, 0.3) is 0 Å². The molecule has 0 aromatic carbocycles. The van der Waals surface area contributed by atoms with Gasteiger partial charge in [-0.3, -0.25) is 0 Å². The molecule has 5 heteroatoms. The van der Waals surface area contributed by atoms with Crippen molar-refractivity contribution in [3.05, 3.63) is 11.3 Å². The van der Waals surface area contributed by atoms with E-state index in [4.69, 9.17) is 4.74 Å². The van der Waals surface area contributed by atoms with Gasteiger partial charge >= 0.3 is 12.0 Å². The van der Waals surface area contributed by atoms with Gasteiger partial charge in [0.1, 0.15) is 0 Å². The van der Waals surface area contributed by atoms with Crippen molar-refractivity contribution in [1.82, 2.24) is 10.6 Å². The molecule has 1 saturated carbocycles. The van der Waals surface area contributed by atoms with Gasteiger partial charge in [-0.25, -0.2) is 9.59 Å². The van der Waals surface area contributed by atoms with Crippen LogP contribution in [-0.4, -0.2) is 25.2 Å². The van der Waals surface area contributed by atoms with Crippen LogP contribution in [0.2, 0.25) is 0 Å². The first-order valence-corrected chi connectivity index (χ1v) is 6.50. The third kappa shape index (κ3) is 2.49. The second-order valence-electron chi connectivity index (χ2n) is 5.00. The minimum atomic E-state index is -0.351. The van der Waals surface area contributed by atoms with E-state index in [1.54, 1.807) is 6.92 Å². The molecule has 1 heterocycles. The summed E-state index contributed by atoms with van der Waals surface area (Å²) in [7, 11) is 1.37. The number of hydrogen-bond donors (Lipinski definition) is 2. The lowest BCUT2D eigenvalue weighted by atomic mass is 9.80. The minimum absolute atomic E-state index is 0.202. The average molecular weight is 252 g/mol. The Morgan fingerprint density at radius 2 is 1.94 bits per heavy atom. The smallest absolute Gasteiger partial charge is 0.337 e. The molecule has 1 aliphatic heterocycles. The molecule has 100 valence electrons. The van der Waals surface area contributed by atoms with E-state index >= 15 is 0 Å². The lowest BCUT2D eigenvalue weighted by Crippen LogP contribution is -2.53. The number of methoxy groups -OCH3 is 1. The van der Waals surface area contributed by atoms with Gasteiger partial charge in [-0.1, -0.05) is 19.3 Å². The summed E-state index contributed by atoms with van der Waals surface area (Å²) in [6.07, 6.45) is 5.68. The molecule has 0 saturated heterocycles. The number of carbonyl (C=O) groups excluding carboxylic acids is 2. The number of ether oxygens (including phenoxy) is 1. The van der Waals surface area contributed by atoms with Crippen molar-refractivity contribution in [3.63, 3.8) is 0 Å². The quantitative estimate of drug-likeness (QED) is 0.735. The monoisotopic (exact) mass is 252 g/mol. The molecule has 0 radical (unpaired) electrons. The molecule has 2 N–H and O–H groups in total. The predicted molar refractivity (Wildman–Crippen MR) is 66.7 cm³/mol. The Morgan fingerprint density at radius 1 is 1.28 bits per heavy atom. The van der Waals surface area contributed by atoms with Crippen LogP contribution < -0.4 is 10.6 Å². The fraction of sp³-hybridized carbons (Fsp3) is 0.692. The van der Waals surface area contributed by atoms with Crippen LogP contribution in [0.1, 0.15) is 39.0 Å². The Kier molecular flexibility index (Phi) is 3.89. The van der Waals surface area contributed by atoms with E-state index in [-0.39, 0.29) is 18.0 Å². The molecular formula is C13H20N2O3. The number of hydrogen-bond acceptors (Lipinski definition) is 3. The van der Waals surface area contributed by atoms with Gasteiger partial charge in [0.05, 0.1) is 18.7 Å².